The van der Waals surface area contributed by atoms with E-state index in [0.717, 1.165) is 0 Å². The highest BCUT2D eigenvalue weighted by Gasteiger charge is 2.18. The fourth-order valence-corrected chi connectivity index (χ4v) is 1.59. The Labute approximate surface area is 105 Å². The average Bonchev–Trinajstić information content (AvgIpc) is 2.35. The van der Waals surface area contributed by atoms with Gasteiger partial charge >= 0.3 is 0 Å². The van der Waals surface area contributed by atoms with Crippen LogP contribution in [0.5, 0.6) is 0 Å². The van der Waals surface area contributed by atoms with Crippen molar-refractivity contribution in [3.05, 3.63) is 39.9 Å². The van der Waals surface area contributed by atoms with Gasteiger partial charge in [-0.25, -0.2) is 0 Å². The number of carbonyl (C=O) groups excluding carboxylic acids is 1. The Bertz CT molecular complexity index is 428. The lowest BCUT2D eigenvalue weighted by Crippen LogP contribution is -2.38. The summed E-state index contributed by atoms with van der Waals surface area (Å²) in [7, 11) is 0. The molecule has 0 fully saturated rings. The van der Waals surface area contributed by atoms with Gasteiger partial charge in [0.1, 0.15) is 0 Å². The number of carbonyl (C=O) groups is 1. The summed E-state index contributed by atoms with van der Waals surface area (Å²) in [6, 6.07) is 5.40. The van der Waals surface area contributed by atoms with E-state index < -0.39 is 4.92 Å². The zero-order chi connectivity index (χ0) is 13.7. The summed E-state index contributed by atoms with van der Waals surface area (Å²) in [5.74, 6) is -0.242. The van der Waals surface area contributed by atoms with Crippen molar-refractivity contribution in [3.8, 4) is 0 Å². The lowest BCUT2D eigenvalue weighted by Gasteiger charge is -2.25. The zero-order valence-corrected chi connectivity index (χ0v) is 10.4. The monoisotopic (exact) mass is 252 g/mol. The van der Waals surface area contributed by atoms with Gasteiger partial charge in [-0.1, -0.05) is 0 Å². The fraction of sp³-hybridized carbons (Fsp3) is 0.417. The quantitative estimate of drug-likeness (QED) is 0.634. The Hall–Kier alpha value is -1.95. The molecule has 1 N–H and O–H groups in total. The Morgan fingerprint density at radius 3 is 2.33 bits per heavy atom. The summed E-state index contributed by atoms with van der Waals surface area (Å²) in [4.78, 5) is 23.6. The van der Waals surface area contributed by atoms with Crippen molar-refractivity contribution in [3.63, 3.8) is 0 Å². The number of nitrogens with zero attached hydrogens (tertiary/aromatic N) is 2. The molecular weight excluding hydrogens is 236 g/mol. The van der Waals surface area contributed by atoms with Gasteiger partial charge in [-0.15, -0.1) is 0 Å². The molecular formula is C12H16N2O4. The zero-order valence-electron chi connectivity index (χ0n) is 10.4. The van der Waals surface area contributed by atoms with E-state index in [9.17, 15) is 14.9 Å². The van der Waals surface area contributed by atoms with Gasteiger partial charge in [0.05, 0.1) is 11.5 Å². The number of amides is 1. The molecule has 0 aliphatic rings. The van der Waals surface area contributed by atoms with E-state index >= 15 is 0 Å². The van der Waals surface area contributed by atoms with Crippen molar-refractivity contribution in [2.24, 2.45) is 0 Å². The molecule has 0 bridgehead atoms. The molecule has 0 radical (unpaired) electrons. The summed E-state index contributed by atoms with van der Waals surface area (Å²) in [5.41, 5.74) is 0.326. The second-order valence-electron chi connectivity index (χ2n) is 4.12. The maximum absolute atomic E-state index is 12.1. The highest BCUT2D eigenvalue weighted by molar-refractivity contribution is 5.94. The molecule has 18 heavy (non-hydrogen) atoms. The van der Waals surface area contributed by atoms with Crippen molar-refractivity contribution >= 4 is 11.6 Å². The molecule has 98 valence electrons. The van der Waals surface area contributed by atoms with Gasteiger partial charge in [-0.2, -0.15) is 0 Å². The van der Waals surface area contributed by atoms with E-state index in [1.807, 2.05) is 13.8 Å². The first-order valence-electron chi connectivity index (χ1n) is 5.63. The normalized spacial score (nSPS) is 10.4. The lowest BCUT2D eigenvalue weighted by atomic mass is 10.1. The molecule has 0 atom stereocenters. The number of hydrogen-bond donors (Lipinski definition) is 1. The molecule has 6 heteroatoms. The van der Waals surface area contributed by atoms with E-state index in [1.165, 1.54) is 29.2 Å². The standard InChI is InChI=1S/C12H16N2O4/c1-9(2)13(7-8-15)12(16)10-3-5-11(6-4-10)14(17)18/h3-6,9,15H,7-8H2,1-2H3. The molecule has 0 aliphatic heterocycles. The highest BCUT2D eigenvalue weighted by atomic mass is 16.6. The minimum Gasteiger partial charge on any atom is -0.395 e. The minimum atomic E-state index is -0.512. The van der Waals surface area contributed by atoms with E-state index in [0.29, 0.717) is 5.56 Å². The largest absolute Gasteiger partial charge is 0.395 e. The molecule has 1 aromatic carbocycles. The Balaban J connectivity index is 2.91. The number of aliphatic hydroxyl groups excluding tert-OH is 1. The molecule has 1 rings (SSSR count). The van der Waals surface area contributed by atoms with Crippen LogP contribution in [0.3, 0.4) is 0 Å². The first-order valence-corrected chi connectivity index (χ1v) is 5.63. The highest BCUT2D eigenvalue weighted by Crippen LogP contribution is 2.14. The van der Waals surface area contributed by atoms with Gasteiger partial charge in [0.25, 0.3) is 11.6 Å². The van der Waals surface area contributed by atoms with E-state index in [1.54, 1.807) is 0 Å². The summed E-state index contributed by atoms with van der Waals surface area (Å²) >= 11 is 0. The number of rotatable bonds is 5. The number of hydrogen-bond acceptors (Lipinski definition) is 4. The van der Waals surface area contributed by atoms with Gasteiger partial charge in [-0.3, -0.25) is 14.9 Å². The van der Waals surface area contributed by atoms with Crippen molar-refractivity contribution in [1.29, 1.82) is 0 Å². The van der Waals surface area contributed by atoms with E-state index in [4.69, 9.17) is 5.11 Å². The van der Waals surface area contributed by atoms with Crippen LogP contribution in [0.1, 0.15) is 24.2 Å². The molecule has 0 saturated carbocycles. The van der Waals surface area contributed by atoms with Crippen LogP contribution in [0.2, 0.25) is 0 Å². The van der Waals surface area contributed by atoms with Gasteiger partial charge in [-0.05, 0) is 26.0 Å². The Morgan fingerprint density at radius 1 is 1.39 bits per heavy atom. The van der Waals surface area contributed by atoms with Crippen molar-refractivity contribution < 1.29 is 14.8 Å². The third-order valence-corrected chi connectivity index (χ3v) is 2.55. The average molecular weight is 252 g/mol. The van der Waals surface area contributed by atoms with Gasteiger partial charge < -0.3 is 10.0 Å². The number of benzene rings is 1. The molecule has 0 saturated heterocycles. The summed E-state index contributed by atoms with van der Waals surface area (Å²) in [5, 5.41) is 19.4. The summed E-state index contributed by atoms with van der Waals surface area (Å²) in [6.45, 7) is 3.82. The topological polar surface area (TPSA) is 83.7 Å². The fourth-order valence-electron chi connectivity index (χ4n) is 1.59. The van der Waals surface area contributed by atoms with Crippen LogP contribution in [0, 0.1) is 10.1 Å². The molecule has 0 spiro atoms. The Kier molecular flexibility index (Phi) is 4.79. The number of nitro benzene ring substituents is 1. The summed E-state index contributed by atoms with van der Waals surface area (Å²) < 4.78 is 0. The van der Waals surface area contributed by atoms with Crippen LogP contribution < -0.4 is 0 Å². The maximum Gasteiger partial charge on any atom is 0.269 e. The van der Waals surface area contributed by atoms with E-state index in [-0.39, 0.29) is 30.8 Å². The van der Waals surface area contributed by atoms with Crippen LogP contribution in [0.15, 0.2) is 24.3 Å². The van der Waals surface area contributed by atoms with Crippen LogP contribution in [-0.2, 0) is 0 Å². The molecule has 1 aromatic rings. The molecule has 1 amide bonds. The van der Waals surface area contributed by atoms with Crippen molar-refractivity contribution in [2.45, 2.75) is 19.9 Å². The van der Waals surface area contributed by atoms with Gasteiger partial charge in [0.2, 0.25) is 0 Å². The number of non-ortho nitro benzene ring substituents is 1. The molecule has 6 nitrogen and oxygen atoms in total. The number of aliphatic hydroxyl groups is 1. The van der Waals surface area contributed by atoms with Crippen molar-refractivity contribution in [2.75, 3.05) is 13.2 Å². The van der Waals surface area contributed by atoms with Crippen LogP contribution in [0.4, 0.5) is 5.69 Å². The minimum absolute atomic E-state index is 0.0418. The first-order chi connectivity index (χ1) is 8.47. The molecule has 0 unspecified atom stereocenters. The molecule has 0 heterocycles. The first kappa shape index (κ1) is 14.1. The SMILES string of the molecule is CC(C)N(CCO)C(=O)c1ccc([N+](=O)[O-])cc1. The summed E-state index contributed by atoms with van der Waals surface area (Å²) in [6.07, 6.45) is 0. The predicted molar refractivity (Wildman–Crippen MR) is 66.4 cm³/mol. The van der Waals surface area contributed by atoms with Gasteiger partial charge in [0.15, 0.2) is 0 Å². The maximum atomic E-state index is 12.1. The Morgan fingerprint density at radius 2 is 1.94 bits per heavy atom. The lowest BCUT2D eigenvalue weighted by molar-refractivity contribution is -0.384. The third kappa shape index (κ3) is 3.27. The van der Waals surface area contributed by atoms with Crippen LogP contribution >= 0.6 is 0 Å². The van der Waals surface area contributed by atoms with Crippen molar-refractivity contribution in [1.82, 2.24) is 4.90 Å². The second-order valence-corrected chi connectivity index (χ2v) is 4.12. The van der Waals surface area contributed by atoms with E-state index in [2.05, 4.69) is 0 Å². The smallest absolute Gasteiger partial charge is 0.269 e. The number of nitro groups is 1. The van der Waals surface area contributed by atoms with Gasteiger partial charge in [0, 0.05) is 30.3 Å². The van der Waals surface area contributed by atoms with Crippen LogP contribution in [-0.4, -0.2) is 40.0 Å². The molecule has 0 aliphatic carbocycles. The third-order valence-electron chi connectivity index (χ3n) is 2.55. The second kappa shape index (κ2) is 6.11. The van der Waals surface area contributed by atoms with Crippen LogP contribution in [0.25, 0.3) is 0 Å². The predicted octanol–water partition coefficient (Wildman–Crippen LogP) is 1.44. The molecule has 0 aromatic heterocycles.